The van der Waals surface area contributed by atoms with Crippen molar-refractivity contribution in [1.82, 2.24) is 25.4 Å². The number of aromatic nitrogens is 5. The monoisotopic (exact) mass is 382 g/mol. The molecule has 0 radical (unpaired) electrons. The summed E-state index contributed by atoms with van der Waals surface area (Å²) >= 11 is 1.73. The molecular weight excluding hydrogens is 364 g/mol. The maximum absolute atomic E-state index is 9.42. The van der Waals surface area contributed by atoms with Crippen molar-refractivity contribution >= 4 is 11.8 Å². The van der Waals surface area contributed by atoms with Crippen molar-refractivity contribution in [3.8, 4) is 34.6 Å². The van der Waals surface area contributed by atoms with Crippen LogP contribution in [0, 0.1) is 11.3 Å². The van der Waals surface area contributed by atoms with Crippen molar-refractivity contribution in [2.45, 2.75) is 0 Å². The van der Waals surface area contributed by atoms with Crippen molar-refractivity contribution in [3.05, 3.63) is 42.2 Å². The van der Waals surface area contributed by atoms with Gasteiger partial charge in [0.25, 0.3) is 0 Å². The highest BCUT2D eigenvalue weighted by molar-refractivity contribution is 7.98. The first-order valence-electron chi connectivity index (χ1n) is 8.25. The molecule has 1 N–H and O–H groups in total. The van der Waals surface area contributed by atoms with Crippen molar-refractivity contribution in [2.24, 2.45) is 0 Å². The van der Waals surface area contributed by atoms with Gasteiger partial charge in [-0.2, -0.15) is 32.3 Å². The lowest BCUT2D eigenvalue weighted by atomic mass is 10.1. The molecule has 3 aromatic rings. The van der Waals surface area contributed by atoms with E-state index in [0.717, 1.165) is 16.9 Å². The Morgan fingerprint density at radius 2 is 2.07 bits per heavy atom. The van der Waals surface area contributed by atoms with Crippen LogP contribution in [0.25, 0.3) is 22.8 Å². The highest BCUT2D eigenvalue weighted by Gasteiger charge is 2.11. The highest BCUT2D eigenvalue weighted by atomic mass is 32.2. The average Bonchev–Trinajstić information content (AvgIpc) is 3.21. The fourth-order valence-corrected chi connectivity index (χ4v) is 2.57. The number of rotatable bonds is 9. The first-order valence-corrected chi connectivity index (χ1v) is 9.64. The molecule has 0 aliphatic rings. The SMILES string of the molecule is CSCCOCCOc1ccc(-c2nc(-c3ccnnc3)n[nH]2)cc1C#N. The number of nitrogens with zero attached hydrogens (tertiary/aromatic N) is 5. The van der Waals surface area contributed by atoms with Gasteiger partial charge in [-0.3, -0.25) is 5.10 Å². The Labute approximate surface area is 161 Å². The molecule has 1 aromatic carbocycles. The zero-order chi connectivity index (χ0) is 18.9. The zero-order valence-electron chi connectivity index (χ0n) is 14.8. The molecular formula is C18H18N6O2S. The van der Waals surface area contributed by atoms with Crippen LogP contribution in [0.15, 0.2) is 36.7 Å². The third-order valence-corrected chi connectivity index (χ3v) is 4.19. The second-order valence-corrected chi connectivity index (χ2v) is 6.40. The zero-order valence-corrected chi connectivity index (χ0v) is 15.6. The van der Waals surface area contributed by atoms with Gasteiger partial charge >= 0.3 is 0 Å². The maximum Gasteiger partial charge on any atom is 0.183 e. The smallest absolute Gasteiger partial charge is 0.183 e. The molecule has 0 saturated carbocycles. The Hall–Kier alpha value is -2.96. The van der Waals surface area contributed by atoms with E-state index in [1.54, 1.807) is 42.4 Å². The second-order valence-electron chi connectivity index (χ2n) is 5.42. The molecule has 0 saturated heterocycles. The summed E-state index contributed by atoms with van der Waals surface area (Å²) in [6, 6.07) is 9.24. The molecule has 0 amide bonds. The number of hydrogen-bond donors (Lipinski definition) is 1. The van der Waals surface area contributed by atoms with E-state index in [1.807, 2.05) is 12.3 Å². The standard InChI is InChI=1S/C18H18N6O2S/c1-27-9-8-25-6-7-26-16-3-2-13(10-15(16)11-19)17-22-18(24-23-17)14-4-5-20-21-12-14/h2-5,10,12H,6-9H2,1H3,(H,22,23,24). The lowest BCUT2D eigenvalue weighted by Crippen LogP contribution is -2.09. The Morgan fingerprint density at radius 1 is 1.15 bits per heavy atom. The number of ether oxygens (including phenoxy) is 2. The summed E-state index contributed by atoms with van der Waals surface area (Å²) in [5.41, 5.74) is 1.94. The molecule has 3 rings (SSSR count). The third kappa shape index (κ3) is 5.03. The Balaban J connectivity index is 1.68. The summed E-state index contributed by atoms with van der Waals surface area (Å²) in [5, 5.41) is 24.0. The molecule has 0 bridgehead atoms. The first kappa shape index (κ1) is 18.8. The number of nitriles is 1. The van der Waals surface area contributed by atoms with Crippen LogP contribution < -0.4 is 4.74 Å². The summed E-state index contributed by atoms with van der Waals surface area (Å²) in [5.74, 6) is 2.55. The first-order chi connectivity index (χ1) is 13.3. The van der Waals surface area contributed by atoms with Gasteiger partial charge in [0, 0.05) is 16.9 Å². The molecule has 0 aliphatic heterocycles. The molecule has 138 valence electrons. The number of benzene rings is 1. The van der Waals surface area contributed by atoms with Crippen molar-refractivity contribution in [1.29, 1.82) is 5.26 Å². The molecule has 2 aromatic heterocycles. The Kier molecular flexibility index (Phi) is 6.73. The van der Waals surface area contributed by atoms with Crippen LogP contribution in [0.2, 0.25) is 0 Å². The van der Waals surface area contributed by atoms with Gasteiger partial charge in [0.15, 0.2) is 11.6 Å². The van der Waals surface area contributed by atoms with E-state index < -0.39 is 0 Å². The minimum Gasteiger partial charge on any atom is -0.490 e. The van der Waals surface area contributed by atoms with Gasteiger partial charge in [0.1, 0.15) is 18.4 Å². The van der Waals surface area contributed by atoms with Gasteiger partial charge in [0.05, 0.1) is 31.2 Å². The molecule has 8 nitrogen and oxygen atoms in total. The van der Waals surface area contributed by atoms with Crippen LogP contribution >= 0.6 is 11.8 Å². The maximum atomic E-state index is 9.42. The normalized spacial score (nSPS) is 10.5. The highest BCUT2D eigenvalue weighted by Crippen LogP contribution is 2.25. The van der Waals surface area contributed by atoms with E-state index >= 15 is 0 Å². The molecule has 27 heavy (non-hydrogen) atoms. The van der Waals surface area contributed by atoms with Gasteiger partial charge < -0.3 is 9.47 Å². The van der Waals surface area contributed by atoms with E-state index in [1.165, 1.54) is 0 Å². The second kappa shape index (κ2) is 9.66. The molecule has 9 heteroatoms. The summed E-state index contributed by atoms with van der Waals surface area (Å²) in [7, 11) is 0. The Bertz CT molecular complexity index is 910. The van der Waals surface area contributed by atoms with Crippen molar-refractivity contribution in [2.75, 3.05) is 31.8 Å². The van der Waals surface area contributed by atoms with Gasteiger partial charge in [-0.05, 0) is 30.5 Å². The van der Waals surface area contributed by atoms with Gasteiger partial charge in [0.2, 0.25) is 0 Å². The van der Waals surface area contributed by atoms with Crippen molar-refractivity contribution < 1.29 is 9.47 Å². The predicted octanol–water partition coefficient (Wildman–Crippen LogP) is 2.56. The van der Waals surface area contributed by atoms with Gasteiger partial charge in [-0.25, -0.2) is 4.98 Å². The lowest BCUT2D eigenvalue weighted by Gasteiger charge is -2.09. The topological polar surface area (TPSA) is 110 Å². The average molecular weight is 382 g/mol. The summed E-state index contributed by atoms with van der Waals surface area (Å²) < 4.78 is 11.1. The molecule has 0 fully saturated rings. The number of H-pyrrole nitrogens is 1. The van der Waals surface area contributed by atoms with Crippen LogP contribution in [0.4, 0.5) is 0 Å². The summed E-state index contributed by atoms with van der Waals surface area (Å²) in [6.07, 6.45) is 5.20. The number of nitrogens with one attached hydrogen (secondary N) is 1. The van der Waals surface area contributed by atoms with E-state index in [-0.39, 0.29) is 0 Å². The van der Waals surface area contributed by atoms with Crippen LogP contribution in [0.1, 0.15) is 5.56 Å². The largest absolute Gasteiger partial charge is 0.490 e. The fraction of sp³-hybridized carbons (Fsp3) is 0.278. The Morgan fingerprint density at radius 3 is 2.85 bits per heavy atom. The van der Waals surface area contributed by atoms with Crippen LogP contribution in [0.5, 0.6) is 5.75 Å². The number of aromatic amines is 1. The van der Waals surface area contributed by atoms with E-state index in [0.29, 0.717) is 42.8 Å². The van der Waals surface area contributed by atoms with Crippen LogP contribution in [-0.2, 0) is 4.74 Å². The third-order valence-electron chi connectivity index (χ3n) is 3.62. The molecule has 0 aliphatic carbocycles. The molecule has 0 unspecified atom stereocenters. The van der Waals surface area contributed by atoms with E-state index in [2.05, 4.69) is 31.4 Å². The quantitative estimate of drug-likeness (QED) is 0.562. The van der Waals surface area contributed by atoms with E-state index in [4.69, 9.17) is 9.47 Å². The molecule has 0 spiro atoms. The predicted molar refractivity (Wildman–Crippen MR) is 102 cm³/mol. The molecule has 2 heterocycles. The summed E-state index contributed by atoms with van der Waals surface area (Å²) in [4.78, 5) is 4.45. The fourth-order valence-electron chi connectivity index (χ4n) is 2.29. The van der Waals surface area contributed by atoms with Crippen LogP contribution in [-0.4, -0.2) is 57.2 Å². The lowest BCUT2D eigenvalue weighted by molar-refractivity contribution is 0.112. The van der Waals surface area contributed by atoms with Crippen LogP contribution in [0.3, 0.4) is 0 Å². The van der Waals surface area contributed by atoms with Gasteiger partial charge in [-0.1, -0.05) is 0 Å². The van der Waals surface area contributed by atoms with Gasteiger partial charge in [-0.15, -0.1) is 0 Å². The van der Waals surface area contributed by atoms with E-state index in [9.17, 15) is 5.26 Å². The van der Waals surface area contributed by atoms with Crippen molar-refractivity contribution in [3.63, 3.8) is 0 Å². The summed E-state index contributed by atoms with van der Waals surface area (Å²) in [6.45, 7) is 1.57. The minimum absolute atomic E-state index is 0.393. The number of hydrogen-bond acceptors (Lipinski definition) is 8. The number of thioether (sulfide) groups is 1. The molecule has 0 atom stereocenters. The minimum atomic E-state index is 0.393.